The smallest absolute Gasteiger partial charge is 0.0964 e. The van der Waals surface area contributed by atoms with Gasteiger partial charge in [-0.3, -0.25) is 9.97 Å². The zero-order chi connectivity index (χ0) is 9.38. The molecule has 0 fully saturated rings. The lowest BCUT2D eigenvalue weighted by Crippen LogP contribution is -1.83. The highest BCUT2D eigenvalue weighted by Crippen LogP contribution is 2.20. The number of benzene rings is 1. The molecule has 3 aromatic rings. The summed E-state index contributed by atoms with van der Waals surface area (Å²) in [6.07, 6.45) is 3.60. The van der Waals surface area contributed by atoms with E-state index in [0.29, 0.717) is 0 Å². The molecule has 0 aliphatic rings. The second kappa shape index (κ2) is 5.94. The van der Waals surface area contributed by atoms with Crippen LogP contribution in [0.4, 0.5) is 0 Å². The molecule has 17 heavy (non-hydrogen) atoms. The van der Waals surface area contributed by atoms with E-state index < -0.39 is 0 Å². The summed E-state index contributed by atoms with van der Waals surface area (Å²) < 4.78 is 0. The van der Waals surface area contributed by atoms with Gasteiger partial charge in [-0.15, -0.1) is 0 Å². The second-order valence-corrected chi connectivity index (χ2v) is 3.22. The van der Waals surface area contributed by atoms with Crippen molar-refractivity contribution in [1.29, 1.82) is 0 Å². The van der Waals surface area contributed by atoms with Crippen LogP contribution >= 0.6 is 0 Å². The van der Waals surface area contributed by atoms with Gasteiger partial charge in [0.05, 0.1) is 11.0 Å². The Balaban J connectivity index is 0.000000853. The molecule has 0 aliphatic heterocycles. The number of hydrogen-bond acceptors (Lipinski definition) is 2. The minimum atomic E-state index is 0. The predicted molar refractivity (Wildman–Crippen MR) is 66.8 cm³/mol. The molecule has 0 amide bonds. The molecule has 0 saturated heterocycles. The predicted octanol–water partition coefficient (Wildman–Crippen LogP) is 3.03. The van der Waals surface area contributed by atoms with Crippen LogP contribution < -0.4 is 0 Å². The Labute approximate surface area is 103 Å². The van der Waals surface area contributed by atoms with Crippen molar-refractivity contribution in [2.24, 2.45) is 0 Å². The van der Waals surface area contributed by atoms with Crippen molar-refractivity contribution in [1.82, 2.24) is 9.97 Å². The quantitative estimate of drug-likeness (QED) is 0.540. The number of rotatable bonds is 0. The van der Waals surface area contributed by atoms with E-state index in [1.807, 2.05) is 12.1 Å². The van der Waals surface area contributed by atoms with Crippen LogP contribution in [0.2, 0.25) is 0 Å². The van der Waals surface area contributed by atoms with E-state index in [0.717, 1.165) is 21.8 Å². The third kappa shape index (κ3) is 2.41. The van der Waals surface area contributed by atoms with E-state index in [1.165, 1.54) is 0 Å². The summed E-state index contributed by atoms with van der Waals surface area (Å²) in [5.41, 5.74) is 1.95. The molecule has 12 radical (unpaired) electrons. The highest BCUT2D eigenvalue weighted by Gasteiger charge is 2.00. The topological polar surface area (TPSA) is 25.8 Å². The summed E-state index contributed by atoms with van der Waals surface area (Å²) in [5.74, 6) is 0. The van der Waals surface area contributed by atoms with Crippen LogP contribution in [0.5, 0.6) is 0 Å². The fraction of sp³-hybridized carbons (Fsp3) is 0. The fourth-order valence-electron chi connectivity index (χ4n) is 1.68. The molecule has 3 rings (SSSR count). The highest BCUT2D eigenvalue weighted by molar-refractivity contribution is 6.02. The second-order valence-electron chi connectivity index (χ2n) is 3.22. The summed E-state index contributed by atoms with van der Waals surface area (Å²) in [6, 6.07) is 12.1. The molecular weight excluding hydrogens is 208 g/mol. The molecule has 0 bridgehead atoms. The molecule has 2 aromatic heterocycles. The molecule has 2 heteroatoms. The Morgan fingerprint density at radius 1 is 0.588 bits per heavy atom. The Kier molecular flexibility index (Phi) is 5.26. The maximum Gasteiger partial charge on any atom is 0.0964 e. The highest BCUT2D eigenvalue weighted by atomic mass is 14.7. The third-order valence-electron chi connectivity index (χ3n) is 2.34. The zero-order valence-electron chi connectivity index (χ0n) is 9.01. The molecule has 1 aromatic carbocycles. The molecule has 78 valence electrons. The Bertz CT molecular complexity index is 548. The molecule has 0 N–H and O–H groups in total. The van der Waals surface area contributed by atoms with Crippen LogP contribution in [0.25, 0.3) is 21.8 Å². The Morgan fingerprint density at radius 2 is 1.00 bits per heavy atom. The minimum absolute atomic E-state index is 0. The van der Waals surface area contributed by atoms with Gasteiger partial charge in [-0.2, -0.15) is 0 Å². The number of pyridine rings is 2. The van der Waals surface area contributed by atoms with Crippen molar-refractivity contribution in [3.8, 4) is 0 Å². The van der Waals surface area contributed by atoms with Crippen LogP contribution in [-0.4, -0.2) is 9.97 Å². The first kappa shape index (κ1) is 15.0. The van der Waals surface area contributed by atoms with E-state index in [9.17, 15) is 0 Å². The SMILES string of the molecule is [C].[C].[C].c1cnc2c(c1)ccc1cccnc12. The largest absolute Gasteiger partial charge is 0.254 e. The van der Waals surface area contributed by atoms with Crippen LogP contribution in [-0.2, 0) is 0 Å². The van der Waals surface area contributed by atoms with Gasteiger partial charge in [-0.25, -0.2) is 0 Å². The molecule has 0 unspecified atom stereocenters. The monoisotopic (exact) mass is 216 g/mol. The number of aromatic nitrogens is 2. The van der Waals surface area contributed by atoms with Gasteiger partial charge in [0.15, 0.2) is 0 Å². The fourth-order valence-corrected chi connectivity index (χ4v) is 1.68. The van der Waals surface area contributed by atoms with Gasteiger partial charge in [0.25, 0.3) is 0 Å². The summed E-state index contributed by atoms with van der Waals surface area (Å²) in [4.78, 5) is 8.69. The van der Waals surface area contributed by atoms with Crippen molar-refractivity contribution in [2.75, 3.05) is 0 Å². The van der Waals surface area contributed by atoms with Crippen molar-refractivity contribution in [2.45, 2.75) is 0 Å². The first-order valence-electron chi connectivity index (χ1n) is 4.53. The van der Waals surface area contributed by atoms with Gasteiger partial charge in [-0.1, -0.05) is 24.3 Å². The number of fused-ring (bicyclic) bond motifs is 3. The lowest BCUT2D eigenvalue weighted by molar-refractivity contribution is 1.37. The number of nitrogens with zero attached hydrogens (tertiary/aromatic N) is 2. The van der Waals surface area contributed by atoms with Crippen LogP contribution in [0.15, 0.2) is 48.8 Å². The first-order valence-corrected chi connectivity index (χ1v) is 4.53. The van der Waals surface area contributed by atoms with Crippen molar-refractivity contribution < 1.29 is 0 Å². The normalized spacial score (nSPS) is 8.94. The maximum atomic E-state index is 4.35. The molecular formula is C15H8N2. The lowest BCUT2D eigenvalue weighted by Gasteiger charge is -2.00. The first-order chi connectivity index (χ1) is 6.95. The maximum absolute atomic E-state index is 4.35. The van der Waals surface area contributed by atoms with Gasteiger partial charge < -0.3 is 0 Å². The van der Waals surface area contributed by atoms with Gasteiger partial charge >= 0.3 is 0 Å². The van der Waals surface area contributed by atoms with Gasteiger partial charge in [0, 0.05) is 45.4 Å². The molecule has 0 spiro atoms. The van der Waals surface area contributed by atoms with Crippen molar-refractivity contribution in [3.05, 3.63) is 71.1 Å². The molecule has 2 nitrogen and oxygen atoms in total. The summed E-state index contributed by atoms with van der Waals surface area (Å²) in [7, 11) is 0. The van der Waals surface area contributed by atoms with E-state index in [2.05, 4.69) is 34.2 Å². The molecule has 0 aliphatic carbocycles. The summed E-state index contributed by atoms with van der Waals surface area (Å²) in [5, 5.41) is 2.28. The average molecular weight is 216 g/mol. The molecule has 2 heterocycles. The van der Waals surface area contributed by atoms with Gasteiger partial charge in [0.1, 0.15) is 0 Å². The van der Waals surface area contributed by atoms with Gasteiger partial charge in [0.2, 0.25) is 0 Å². The average Bonchev–Trinajstić information content (AvgIpc) is 2.29. The summed E-state index contributed by atoms with van der Waals surface area (Å²) in [6.45, 7) is 0. The Morgan fingerprint density at radius 3 is 1.41 bits per heavy atom. The van der Waals surface area contributed by atoms with E-state index in [-0.39, 0.29) is 22.3 Å². The van der Waals surface area contributed by atoms with Crippen LogP contribution in [0.1, 0.15) is 0 Å². The van der Waals surface area contributed by atoms with E-state index in [4.69, 9.17) is 0 Å². The molecule has 0 atom stereocenters. The van der Waals surface area contributed by atoms with E-state index >= 15 is 0 Å². The van der Waals surface area contributed by atoms with Crippen LogP contribution in [0.3, 0.4) is 0 Å². The molecule has 0 saturated carbocycles. The van der Waals surface area contributed by atoms with Gasteiger partial charge in [-0.05, 0) is 12.1 Å². The minimum Gasteiger partial charge on any atom is -0.254 e. The zero-order valence-corrected chi connectivity index (χ0v) is 9.01. The Hall–Kier alpha value is -1.96. The van der Waals surface area contributed by atoms with Crippen LogP contribution in [0, 0.1) is 22.3 Å². The number of hydrogen-bond donors (Lipinski definition) is 0. The van der Waals surface area contributed by atoms with Crippen molar-refractivity contribution in [3.63, 3.8) is 0 Å². The van der Waals surface area contributed by atoms with Crippen molar-refractivity contribution >= 4 is 21.8 Å². The van der Waals surface area contributed by atoms with E-state index in [1.54, 1.807) is 12.4 Å². The summed E-state index contributed by atoms with van der Waals surface area (Å²) >= 11 is 0. The third-order valence-corrected chi connectivity index (χ3v) is 2.34. The standard InChI is InChI=1S/C12H8N2.3C/c1-3-9-5-6-10-4-2-8-14-12(10)11(9)13-7-1;;;/h1-8H;;;. The lowest BCUT2D eigenvalue weighted by atomic mass is 10.1.